The minimum Gasteiger partial charge on any atom is -0.497 e. The van der Waals surface area contributed by atoms with Crippen molar-refractivity contribution in [3.63, 3.8) is 0 Å². The summed E-state index contributed by atoms with van der Waals surface area (Å²) in [5.74, 6) is 0.657. The first-order chi connectivity index (χ1) is 13.5. The second-order valence-electron chi connectivity index (χ2n) is 6.63. The highest BCUT2D eigenvalue weighted by Gasteiger charge is 2.14. The first-order valence-electron chi connectivity index (χ1n) is 9.47. The van der Waals surface area contributed by atoms with Crippen LogP contribution in [-0.2, 0) is 11.3 Å². The summed E-state index contributed by atoms with van der Waals surface area (Å²) in [6, 6.07) is 14.8. The highest BCUT2D eigenvalue weighted by atomic mass is 16.5. The van der Waals surface area contributed by atoms with Crippen LogP contribution < -0.4 is 10.1 Å². The number of nitrogens with one attached hydrogen (secondary N) is 1. The van der Waals surface area contributed by atoms with Gasteiger partial charge in [0.25, 0.3) is 5.91 Å². The predicted molar refractivity (Wildman–Crippen MR) is 112 cm³/mol. The molecule has 0 bridgehead atoms. The van der Waals surface area contributed by atoms with Crippen LogP contribution in [-0.4, -0.2) is 55.4 Å². The van der Waals surface area contributed by atoms with Crippen LogP contribution in [0.4, 0.5) is 5.69 Å². The largest absolute Gasteiger partial charge is 0.497 e. The molecule has 2 aromatic rings. The van der Waals surface area contributed by atoms with Crippen LogP contribution in [0.25, 0.3) is 0 Å². The third-order valence-electron chi connectivity index (χ3n) is 4.47. The minimum atomic E-state index is -0.122. The zero-order chi connectivity index (χ0) is 20.5. The molecule has 0 aliphatic carbocycles. The monoisotopic (exact) mass is 383 g/mol. The molecule has 0 heterocycles. The lowest BCUT2D eigenvalue weighted by atomic mass is 10.1. The minimum absolute atomic E-state index is 0.0299. The highest BCUT2D eigenvalue weighted by molar-refractivity contribution is 5.97. The van der Waals surface area contributed by atoms with Gasteiger partial charge in [-0.1, -0.05) is 18.2 Å². The number of methoxy groups -OCH3 is 1. The van der Waals surface area contributed by atoms with Crippen molar-refractivity contribution in [3.05, 3.63) is 59.7 Å². The molecule has 0 unspecified atom stereocenters. The first-order valence-corrected chi connectivity index (χ1v) is 9.47. The summed E-state index contributed by atoms with van der Waals surface area (Å²) in [6.07, 6.45) is 0. The number of hydrogen-bond donors (Lipinski definition) is 1. The topological polar surface area (TPSA) is 61.9 Å². The highest BCUT2D eigenvalue weighted by Crippen LogP contribution is 2.14. The quantitative estimate of drug-likeness (QED) is 0.722. The molecule has 0 aliphatic heterocycles. The molecule has 0 saturated heterocycles. The van der Waals surface area contributed by atoms with Gasteiger partial charge in [0.05, 0.1) is 13.7 Å². The van der Waals surface area contributed by atoms with Gasteiger partial charge in [0.1, 0.15) is 5.75 Å². The maximum absolute atomic E-state index is 12.5. The van der Waals surface area contributed by atoms with Crippen molar-refractivity contribution < 1.29 is 14.3 Å². The molecule has 2 rings (SSSR count). The van der Waals surface area contributed by atoms with Crippen molar-refractivity contribution in [3.8, 4) is 5.75 Å². The van der Waals surface area contributed by atoms with E-state index in [2.05, 4.69) is 5.32 Å². The third-order valence-corrected chi connectivity index (χ3v) is 4.47. The maximum atomic E-state index is 12.5. The van der Waals surface area contributed by atoms with Crippen molar-refractivity contribution in [2.45, 2.75) is 20.4 Å². The number of likely N-dealkylation sites (N-methyl/N-ethyl adjacent to an activating group) is 1. The molecule has 0 spiro atoms. The van der Waals surface area contributed by atoms with Gasteiger partial charge in [-0.15, -0.1) is 0 Å². The van der Waals surface area contributed by atoms with Crippen molar-refractivity contribution in [2.24, 2.45) is 0 Å². The van der Waals surface area contributed by atoms with Gasteiger partial charge in [0.15, 0.2) is 0 Å². The van der Waals surface area contributed by atoms with E-state index in [0.717, 1.165) is 11.3 Å². The molecule has 0 aliphatic rings. The van der Waals surface area contributed by atoms with E-state index >= 15 is 0 Å². The number of ether oxygens (including phenoxy) is 1. The fourth-order valence-electron chi connectivity index (χ4n) is 2.97. The molecule has 28 heavy (non-hydrogen) atoms. The van der Waals surface area contributed by atoms with E-state index in [1.807, 2.05) is 50.1 Å². The second kappa shape index (κ2) is 10.5. The first kappa shape index (κ1) is 21.4. The molecule has 0 fully saturated rings. The molecule has 6 nitrogen and oxygen atoms in total. The molecule has 150 valence electrons. The number of rotatable bonds is 9. The Morgan fingerprint density at radius 3 is 2.32 bits per heavy atom. The number of carbonyl (C=O) groups excluding carboxylic acids is 2. The second-order valence-corrected chi connectivity index (χ2v) is 6.63. The van der Waals surface area contributed by atoms with Crippen LogP contribution >= 0.6 is 0 Å². The number of carbonyl (C=O) groups is 2. The lowest BCUT2D eigenvalue weighted by Gasteiger charge is -2.19. The summed E-state index contributed by atoms with van der Waals surface area (Å²) in [6.45, 7) is 6.11. The van der Waals surface area contributed by atoms with Gasteiger partial charge < -0.3 is 15.0 Å². The van der Waals surface area contributed by atoms with E-state index in [1.54, 1.807) is 36.3 Å². The molecule has 2 aromatic carbocycles. The van der Waals surface area contributed by atoms with Crippen LogP contribution in [0.2, 0.25) is 0 Å². The van der Waals surface area contributed by atoms with Crippen LogP contribution in [0.15, 0.2) is 48.5 Å². The average Bonchev–Trinajstić information content (AvgIpc) is 2.69. The molecule has 1 N–H and O–H groups in total. The van der Waals surface area contributed by atoms with E-state index in [0.29, 0.717) is 30.9 Å². The fraction of sp³-hybridized carbons (Fsp3) is 0.364. The molecular weight excluding hydrogens is 354 g/mol. The fourth-order valence-corrected chi connectivity index (χ4v) is 2.97. The molecule has 6 heteroatoms. The van der Waals surface area contributed by atoms with Gasteiger partial charge in [-0.05, 0) is 56.8 Å². The standard InChI is InChI=1S/C22H29N3O3/c1-5-25(6-2)22(27)18-8-7-9-19(14-18)23-21(26)16-24(3)15-17-10-12-20(28-4)13-11-17/h7-14H,5-6,15-16H2,1-4H3,(H,23,26). The normalized spacial score (nSPS) is 10.6. The molecule has 0 atom stereocenters. The predicted octanol–water partition coefficient (Wildman–Crippen LogP) is 3.25. The van der Waals surface area contributed by atoms with Crippen LogP contribution in [0, 0.1) is 0 Å². The molecule has 0 aromatic heterocycles. The molecule has 2 amide bonds. The summed E-state index contributed by atoms with van der Waals surface area (Å²) in [5, 5.41) is 2.88. The number of anilines is 1. The summed E-state index contributed by atoms with van der Waals surface area (Å²) < 4.78 is 5.16. The maximum Gasteiger partial charge on any atom is 0.253 e. The average molecular weight is 383 g/mol. The number of hydrogen-bond acceptors (Lipinski definition) is 4. The van der Waals surface area contributed by atoms with Gasteiger partial charge >= 0.3 is 0 Å². The smallest absolute Gasteiger partial charge is 0.253 e. The Morgan fingerprint density at radius 1 is 1.04 bits per heavy atom. The lowest BCUT2D eigenvalue weighted by Crippen LogP contribution is -2.31. The Hall–Kier alpha value is -2.86. The van der Waals surface area contributed by atoms with E-state index in [4.69, 9.17) is 4.74 Å². The van der Waals surface area contributed by atoms with Crippen molar-refractivity contribution in [1.82, 2.24) is 9.80 Å². The zero-order valence-electron chi connectivity index (χ0n) is 17.1. The van der Waals surface area contributed by atoms with Crippen molar-refractivity contribution >= 4 is 17.5 Å². The SMILES string of the molecule is CCN(CC)C(=O)c1cccc(NC(=O)CN(C)Cc2ccc(OC)cc2)c1. The van der Waals surface area contributed by atoms with Gasteiger partial charge in [-0.2, -0.15) is 0 Å². The Balaban J connectivity index is 1.93. The Kier molecular flexibility index (Phi) is 8.02. The van der Waals surface area contributed by atoms with Crippen LogP contribution in [0.5, 0.6) is 5.75 Å². The summed E-state index contributed by atoms with van der Waals surface area (Å²) >= 11 is 0. The third kappa shape index (κ3) is 6.09. The Bertz CT molecular complexity index is 786. The Labute approximate surface area is 167 Å². The summed E-state index contributed by atoms with van der Waals surface area (Å²) in [7, 11) is 3.53. The van der Waals surface area contributed by atoms with Crippen molar-refractivity contribution in [1.29, 1.82) is 0 Å². The zero-order valence-corrected chi connectivity index (χ0v) is 17.1. The van der Waals surface area contributed by atoms with Gasteiger partial charge in [0.2, 0.25) is 5.91 Å². The number of benzene rings is 2. The number of amides is 2. The number of nitrogens with zero attached hydrogens (tertiary/aromatic N) is 2. The van der Waals surface area contributed by atoms with E-state index < -0.39 is 0 Å². The van der Waals surface area contributed by atoms with Crippen LogP contribution in [0.1, 0.15) is 29.8 Å². The van der Waals surface area contributed by atoms with Crippen LogP contribution in [0.3, 0.4) is 0 Å². The Morgan fingerprint density at radius 2 is 1.71 bits per heavy atom. The van der Waals surface area contributed by atoms with Gasteiger partial charge in [-0.3, -0.25) is 14.5 Å². The van der Waals surface area contributed by atoms with Gasteiger partial charge in [-0.25, -0.2) is 0 Å². The molecular formula is C22H29N3O3. The van der Waals surface area contributed by atoms with Gasteiger partial charge in [0, 0.05) is 30.9 Å². The van der Waals surface area contributed by atoms with E-state index in [1.165, 1.54) is 0 Å². The molecule has 0 saturated carbocycles. The summed E-state index contributed by atoms with van der Waals surface area (Å²) in [5.41, 5.74) is 2.30. The molecule has 0 radical (unpaired) electrons. The van der Waals surface area contributed by atoms with E-state index in [9.17, 15) is 9.59 Å². The van der Waals surface area contributed by atoms with E-state index in [-0.39, 0.29) is 18.4 Å². The summed E-state index contributed by atoms with van der Waals surface area (Å²) in [4.78, 5) is 28.5. The van der Waals surface area contributed by atoms with Crippen molar-refractivity contribution in [2.75, 3.05) is 39.1 Å². The lowest BCUT2D eigenvalue weighted by molar-refractivity contribution is -0.117.